The Kier molecular flexibility index (Phi) is 5.40. The van der Waals surface area contributed by atoms with Gasteiger partial charge in [0.15, 0.2) is 11.0 Å². The Morgan fingerprint density at radius 3 is 2.33 bits per heavy atom. The summed E-state index contributed by atoms with van der Waals surface area (Å²) >= 11 is 0. The van der Waals surface area contributed by atoms with E-state index in [4.69, 9.17) is 4.42 Å². The van der Waals surface area contributed by atoms with Crippen molar-refractivity contribution in [3.05, 3.63) is 39.8 Å². The van der Waals surface area contributed by atoms with Crippen molar-refractivity contribution in [2.75, 3.05) is 13.1 Å². The van der Waals surface area contributed by atoms with Crippen molar-refractivity contribution in [3.8, 4) is 0 Å². The lowest BCUT2D eigenvalue weighted by Crippen LogP contribution is -2.36. The topological polar surface area (TPSA) is 68.3 Å². The Labute approximate surface area is 180 Å². The SMILES string of the molecule is CC(=O)N1CCC(c2cc(=O)c3cc(F)c4c(nc(C(F)(F)F)n4CC(F)(F)F)c3o2)CC1. The minimum atomic E-state index is -5.32. The molecule has 4 rings (SSSR count). The predicted octanol–water partition coefficient (Wildman–Crippen LogP) is 4.59. The van der Waals surface area contributed by atoms with E-state index in [0.717, 1.165) is 6.07 Å². The van der Waals surface area contributed by atoms with Crippen LogP contribution in [-0.4, -0.2) is 39.6 Å². The van der Waals surface area contributed by atoms with E-state index in [1.165, 1.54) is 6.92 Å². The smallest absolute Gasteiger partial charge is 0.449 e. The van der Waals surface area contributed by atoms with Gasteiger partial charge in [-0.3, -0.25) is 9.59 Å². The molecule has 1 aromatic carbocycles. The second-order valence-electron chi connectivity index (χ2n) is 7.86. The molecule has 1 aliphatic rings. The van der Waals surface area contributed by atoms with Crippen LogP contribution < -0.4 is 5.43 Å². The zero-order chi connectivity index (χ0) is 24.3. The van der Waals surface area contributed by atoms with Crippen LogP contribution in [0.25, 0.3) is 22.0 Å². The number of nitrogens with zero attached hydrogens (tertiary/aromatic N) is 3. The number of benzene rings is 1. The predicted molar refractivity (Wildman–Crippen MR) is 101 cm³/mol. The zero-order valence-electron chi connectivity index (χ0n) is 17.0. The third-order valence-corrected chi connectivity index (χ3v) is 5.62. The number of imidazole rings is 1. The Bertz CT molecular complexity index is 1300. The molecule has 0 saturated carbocycles. The molecule has 3 aromatic rings. The van der Waals surface area contributed by atoms with Gasteiger partial charge in [-0.05, 0) is 18.9 Å². The fourth-order valence-electron chi connectivity index (χ4n) is 4.11. The maximum absolute atomic E-state index is 14.7. The molecule has 3 heterocycles. The number of halogens is 7. The minimum Gasteiger partial charge on any atom is -0.458 e. The van der Waals surface area contributed by atoms with Crippen molar-refractivity contribution in [1.29, 1.82) is 0 Å². The summed E-state index contributed by atoms with van der Waals surface area (Å²) in [5.74, 6) is -3.83. The number of alkyl halides is 6. The Morgan fingerprint density at radius 1 is 1.15 bits per heavy atom. The first-order valence-electron chi connectivity index (χ1n) is 9.82. The largest absolute Gasteiger partial charge is 0.458 e. The van der Waals surface area contributed by atoms with E-state index >= 15 is 0 Å². The van der Waals surface area contributed by atoms with Crippen molar-refractivity contribution in [2.24, 2.45) is 0 Å². The summed E-state index contributed by atoms with van der Waals surface area (Å²) in [5, 5.41) is -0.435. The van der Waals surface area contributed by atoms with Gasteiger partial charge in [0.05, 0.1) is 5.39 Å². The van der Waals surface area contributed by atoms with E-state index in [0.29, 0.717) is 32.0 Å². The van der Waals surface area contributed by atoms with Crippen LogP contribution in [0.1, 0.15) is 37.3 Å². The van der Waals surface area contributed by atoms with E-state index in [-0.39, 0.29) is 22.2 Å². The quantitative estimate of drug-likeness (QED) is 0.505. The van der Waals surface area contributed by atoms with Crippen LogP contribution in [-0.2, 0) is 17.5 Å². The van der Waals surface area contributed by atoms with Gasteiger partial charge in [-0.2, -0.15) is 26.3 Å². The molecule has 0 N–H and O–H groups in total. The average molecular weight is 479 g/mol. The van der Waals surface area contributed by atoms with Gasteiger partial charge in [-0.25, -0.2) is 9.37 Å². The van der Waals surface area contributed by atoms with Gasteiger partial charge in [0.1, 0.15) is 29.2 Å². The number of carbonyl (C=O) groups excluding carboxylic acids is 1. The molecule has 178 valence electrons. The highest BCUT2D eigenvalue weighted by Crippen LogP contribution is 2.38. The molecular formula is C20H16F7N3O3. The number of likely N-dealkylation sites (tertiary alicyclic amines) is 1. The number of hydrogen-bond donors (Lipinski definition) is 0. The molecule has 2 aromatic heterocycles. The van der Waals surface area contributed by atoms with Crippen LogP contribution in [0, 0.1) is 5.82 Å². The van der Waals surface area contributed by atoms with Crippen LogP contribution in [0.4, 0.5) is 30.7 Å². The number of hydrogen-bond acceptors (Lipinski definition) is 4. The molecule has 6 nitrogen and oxygen atoms in total. The molecule has 1 fully saturated rings. The summed E-state index contributed by atoms with van der Waals surface area (Å²) in [5.41, 5.74) is -3.16. The summed E-state index contributed by atoms with van der Waals surface area (Å²) in [6, 6.07) is 1.64. The highest BCUT2D eigenvalue weighted by molar-refractivity contribution is 6.01. The molecule has 13 heteroatoms. The molecule has 1 aliphatic heterocycles. The highest BCUT2D eigenvalue weighted by atomic mass is 19.4. The number of piperidine rings is 1. The minimum absolute atomic E-state index is 0.0857. The van der Waals surface area contributed by atoms with Crippen molar-refractivity contribution < 1.29 is 39.9 Å². The lowest BCUT2D eigenvalue weighted by atomic mass is 9.93. The van der Waals surface area contributed by atoms with E-state index in [2.05, 4.69) is 4.98 Å². The van der Waals surface area contributed by atoms with Gasteiger partial charge in [-0.15, -0.1) is 0 Å². The summed E-state index contributed by atoms with van der Waals surface area (Å²) in [6.45, 7) is -0.0104. The Hall–Kier alpha value is -3.12. The molecule has 0 radical (unpaired) electrons. The number of fused-ring (bicyclic) bond motifs is 3. The standard InChI is InChI=1S/C20H16F7N3O3/c1-9(31)29-4-2-10(3-5-29)14-7-13(32)11-6-12(21)16-15(17(11)33-14)28-18(20(25,26)27)30(16)8-19(22,23)24/h6-7,10H,2-5,8H2,1H3. The zero-order valence-corrected chi connectivity index (χ0v) is 17.0. The van der Waals surface area contributed by atoms with Crippen LogP contribution in [0.2, 0.25) is 0 Å². The van der Waals surface area contributed by atoms with E-state index in [1.807, 2.05) is 0 Å². The third kappa shape index (κ3) is 4.27. The van der Waals surface area contributed by atoms with Crippen molar-refractivity contribution in [1.82, 2.24) is 14.5 Å². The van der Waals surface area contributed by atoms with E-state index in [1.54, 1.807) is 4.90 Å². The van der Waals surface area contributed by atoms with Gasteiger partial charge in [0.25, 0.3) is 0 Å². The first kappa shape index (κ1) is 23.1. The highest BCUT2D eigenvalue weighted by Gasteiger charge is 2.42. The number of aromatic nitrogens is 2. The maximum atomic E-state index is 14.7. The molecule has 1 saturated heterocycles. The van der Waals surface area contributed by atoms with E-state index in [9.17, 15) is 40.3 Å². The van der Waals surface area contributed by atoms with Crippen LogP contribution in [0.5, 0.6) is 0 Å². The lowest BCUT2D eigenvalue weighted by molar-refractivity contribution is -0.160. The van der Waals surface area contributed by atoms with Gasteiger partial charge < -0.3 is 13.9 Å². The van der Waals surface area contributed by atoms with Crippen LogP contribution >= 0.6 is 0 Å². The summed E-state index contributed by atoms with van der Waals surface area (Å²) < 4.78 is 99.3. The fraction of sp³-hybridized carbons (Fsp3) is 0.450. The third-order valence-electron chi connectivity index (χ3n) is 5.62. The Balaban J connectivity index is 1.92. The second-order valence-corrected chi connectivity index (χ2v) is 7.86. The molecule has 1 amide bonds. The Morgan fingerprint density at radius 2 is 1.79 bits per heavy atom. The summed E-state index contributed by atoms with van der Waals surface area (Å²) in [7, 11) is 0. The van der Waals surface area contributed by atoms with Crippen molar-refractivity contribution >= 4 is 27.9 Å². The molecule has 0 atom stereocenters. The second kappa shape index (κ2) is 7.73. The van der Waals surface area contributed by atoms with Crippen LogP contribution in [0.15, 0.2) is 21.3 Å². The molecular weight excluding hydrogens is 463 g/mol. The molecule has 0 unspecified atom stereocenters. The molecule has 0 spiro atoms. The number of rotatable bonds is 2. The summed E-state index contributed by atoms with van der Waals surface area (Å²) in [6.07, 6.45) is -9.62. The van der Waals surface area contributed by atoms with Crippen molar-refractivity contribution in [3.63, 3.8) is 0 Å². The molecule has 0 bridgehead atoms. The van der Waals surface area contributed by atoms with Gasteiger partial charge >= 0.3 is 12.4 Å². The average Bonchev–Trinajstić information content (AvgIpc) is 3.07. The van der Waals surface area contributed by atoms with Gasteiger partial charge in [0.2, 0.25) is 11.7 Å². The monoisotopic (exact) mass is 479 g/mol. The van der Waals surface area contributed by atoms with Crippen LogP contribution in [0.3, 0.4) is 0 Å². The first-order valence-corrected chi connectivity index (χ1v) is 9.82. The van der Waals surface area contributed by atoms with Gasteiger partial charge in [0, 0.05) is 32.0 Å². The number of amides is 1. The normalized spacial score (nSPS) is 16.2. The molecule has 33 heavy (non-hydrogen) atoms. The molecule has 0 aliphatic carbocycles. The maximum Gasteiger partial charge on any atom is 0.449 e. The fourth-order valence-corrected chi connectivity index (χ4v) is 4.11. The van der Waals surface area contributed by atoms with Crippen molar-refractivity contribution in [2.45, 2.75) is 44.6 Å². The van der Waals surface area contributed by atoms with Gasteiger partial charge in [-0.1, -0.05) is 0 Å². The van der Waals surface area contributed by atoms with E-state index < -0.39 is 58.0 Å². The summed E-state index contributed by atoms with van der Waals surface area (Å²) in [4.78, 5) is 28.9. The lowest BCUT2D eigenvalue weighted by Gasteiger charge is -2.30. The first-order chi connectivity index (χ1) is 15.3. The number of carbonyl (C=O) groups is 1.